The van der Waals surface area contributed by atoms with Crippen LogP contribution in [0.5, 0.6) is 0 Å². The van der Waals surface area contributed by atoms with Gasteiger partial charge in [0, 0.05) is 18.5 Å². The van der Waals surface area contributed by atoms with Crippen LogP contribution in [0.1, 0.15) is 23.0 Å². The molecule has 2 heterocycles. The van der Waals surface area contributed by atoms with Crippen molar-refractivity contribution in [2.45, 2.75) is 13.1 Å². The van der Waals surface area contributed by atoms with Crippen molar-refractivity contribution in [2.24, 2.45) is 0 Å². The Labute approximate surface area is 150 Å². The van der Waals surface area contributed by atoms with Gasteiger partial charge in [-0.05, 0) is 25.1 Å². The number of aromatic nitrogens is 4. The lowest BCUT2D eigenvalue weighted by Gasteiger charge is -2.12. The summed E-state index contributed by atoms with van der Waals surface area (Å²) in [5, 5.41) is 4.01. The summed E-state index contributed by atoms with van der Waals surface area (Å²) in [6.07, 6.45) is -0.737. The third kappa shape index (κ3) is 3.78. The maximum Gasteiger partial charge on any atom is 0.419 e. The number of nitrogens with zero attached hydrogens (tertiary/aromatic N) is 4. The maximum absolute atomic E-state index is 13.6. The molecule has 0 N–H and O–H groups in total. The Morgan fingerprint density at radius 1 is 1.22 bits per heavy atom. The smallest absolute Gasteiger partial charge is 0.419 e. The van der Waals surface area contributed by atoms with Gasteiger partial charge < -0.3 is 4.74 Å². The van der Waals surface area contributed by atoms with Gasteiger partial charge in [-0.3, -0.25) is 9.97 Å². The van der Waals surface area contributed by atoms with Crippen molar-refractivity contribution in [1.29, 1.82) is 0 Å². The fourth-order valence-corrected chi connectivity index (χ4v) is 2.36. The van der Waals surface area contributed by atoms with E-state index in [0.29, 0.717) is 12.1 Å². The van der Waals surface area contributed by atoms with Crippen molar-refractivity contribution in [3.05, 3.63) is 59.9 Å². The van der Waals surface area contributed by atoms with E-state index in [9.17, 15) is 22.4 Å². The molecule has 0 aliphatic heterocycles. The van der Waals surface area contributed by atoms with Gasteiger partial charge >= 0.3 is 12.1 Å². The number of hydrogen-bond donors (Lipinski definition) is 0. The number of esters is 1. The molecule has 1 aromatic carbocycles. The first kappa shape index (κ1) is 18.5. The summed E-state index contributed by atoms with van der Waals surface area (Å²) in [7, 11) is 0. The molecular weight excluding hydrogens is 368 g/mol. The van der Waals surface area contributed by atoms with Gasteiger partial charge in [-0.25, -0.2) is 13.9 Å². The SMILES string of the molecule is CCOC(=O)c1cc(-c2cnccn2)n(-c2ccc(F)c(C(F)(F)F)c2)n1. The summed E-state index contributed by atoms with van der Waals surface area (Å²) >= 11 is 0. The summed E-state index contributed by atoms with van der Waals surface area (Å²) in [5.74, 6) is -2.16. The highest BCUT2D eigenvalue weighted by Gasteiger charge is 2.34. The van der Waals surface area contributed by atoms with E-state index in [4.69, 9.17) is 4.74 Å². The molecule has 0 spiro atoms. The Morgan fingerprint density at radius 2 is 2.00 bits per heavy atom. The van der Waals surface area contributed by atoms with Gasteiger partial charge in [-0.2, -0.15) is 18.3 Å². The molecule has 27 heavy (non-hydrogen) atoms. The molecule has 0 aliphatic carbocycles. The summed E-state index contributed by atoms with van der Waals surface area (Å²) < 4.78 is 58.6. The molecule has 0 atom stereocenters. The van der Waals surface area contributed by atoms with E-state index in [1.807, 2.05) is 0 Å². The van der Waals surface area contributed by atoms with Crippen LogP contribution in [0.15, 0.2) is 42.9 Å². The van der Waals surface area contributed by atoms with Gasteiger partial charge in [0.15, 0.2) is 5.69 Å². The molecule has 0 amide bonds. The van der Waals surface area contributed by atoms with E-state index in [-0.39, 0.29) is 29.4 Å². The van der Waals surface area contributed by atoms with Crippen LogP contribution in [0.25, 0.3) is 17.1 Å². The molecule has 140 valence electrons. The molecule has 6 nitrogen and oxygen atoms in total. The monoisotopic (exact) mass is 380 g/mol. The molecular formula is C17H12F4N4O2. The minimum absolute atomic E-state index is 0.0973. The Balaban J connectivity index is 2.18. The zero-order valence-electron chi connectivity index (χ0n) is 13.9. The molecule has 0 fully saturated rings. The number of benzene rings is 1. The highest BCUT2D eigenvalue weighted by Crippen LogP contribution is 2.33. The Hall–Kier alpha value is -3.30. The van der Waals surface area contributed by atoms with Gasteiger partial charge in [-0.1, -0.05) is 0 Å². The largest absolute Gasteiger partial charge is 0.461 e. The summed E-state index contributed by atoms with van der Waals surface area (Å²) in [6, 6.07) is 3.73. The molecule has 10 heteroatoms. The highest BCUT2D eigenvalue weighted by atomic mass is 19.4. The van der Waals surface area contributed by atoms with Crippen LogP contribution in [0.2, 0.25) is 0 Å². The van der Waals surface area contributed by atoms with E-state index in [2.05, 4.69) is 15.1 Å². The number of ether oxygens (including phenoxy) is 1. The lowest BCUT2D eigenvalue weighted by molar-refractivity contribution is -0.140. The molecule has 0 aliphatic rings. The molecule has 0 bridgehead atoms. The predicted octanol–water partition coefficient (Wildman–Crippen LogP) is 3.66. The van der Waals surface area contributed by atoms with Crippen molar-refractivity contribution in [1.82, 2.24) is 19.7 Å². The minimum atomic E-state index is -4.88. The van der Waals surface area contributed by atoms with Gasteiger partial charge in [0.2, 0.25) is 0 Å². The van der Waals surface area contributed by atoms with Crippen LogP contribution in [-0.2, 0) is 10.9 Å². The van der Waals surface area contributed by atoms with Crippen LogP contribution >= 0.6 is 0 Å². The molecule has 2 aromatic heterocycles. The van der Waals surface area contributed by atoms with Crippen molar-refractivity contribution in [3.63, 3.8) is 0 Å². The normalized spacial score (nSPS) is 11.4. The van der Waals surface area contributed by atoms with Crippen molar-refractivity contribution >= 4 is 5.97 Å². The molecule has 0 unspecified atom stereocenters. The zero-order chi connectivity index (χ0) is 19.6. The van der Waals surface area contributed by atoms with Gasteiger partial charge in [-0.15, -0.1) is 0 Å². The van der Waals surface area contributed by atoms with Crippen LogP contribution in [0, 0.1) is 5.82 Å². The average molecular weight is 380 g/mol. The second kappa shape index (κ2) is 7.14. The summed E-state index contributed by atoms with van der Waals surface area (Å²) in [6.45, 7) is 1.70. The molecule has 0 radical (unpaired) electrons. The molecule has 3 aromatic rings. The minimum Gasteiger partial charge on any atom is -0.461 e. The van der Waals surface area contributed by atoms with Crippen LogP contribution in [0.3, 0.4) is 0 Å². The zero-order valence-corrected chi connectivity index (χ0v) is 13.9. The van der Waals surface area contributed by atoms with E-state index in [1.165, 1.54) is 24.7 Å². The third-order valence-corrected chi connectivity index (χ3v) is 3.52. The molecule has 0 saturated heterocycles. The first-order valence-electron chi connectivity index (χ1n) is 7.72. The van der Waals surface area contributed by atoms with Crippen LogP contribution < -0.4 is 0 Å². The number of halogens is 4. The Bertz CT molecular complexity index is 971. The van der Waals surface area contributed by atoms with Crippen molar-refractivity contribution in [2.75, 3.05) is 6.61 Å². The first-order chi connectivity index (χ1) is 12.8. The van der Waals surface area contributed by atoms with Crippen LogP contribution in [0.4, 0.5) is 17.6 Å². The highest BCUT2D eigenvalue weighted by molar-refractivity contribution is 5.88. The van der Waals surface area contributed by atoms with Crippen molar-refractivity contribution in [3.8, 4) is 17.1 Å². The van der Waals surface area contributed by atoms with Crippen molar-refractivity contribution < 1.29 is 27.1 Å². The van der Waals surface area contributed by atoms with Gasteiger partial charge in [0.1, 0.15) is 11.5 Å². The Morgan fingerprint density at radius 3 is 2.63 bits per heavy atom. The van der Waals surface area contributed by atoms with E-state index >= 15 is 0 Å². The van der Waals surface area contributed by atoms with E-state index in [0.717, 1.165) is 10.7 Å². The summed E-state index contributed by atoms with van der Waals surface area (Å²) in [4.78, 5) is 19.9. The second-order valence-electron chi connectivity index (χ2n) is 5.30. The average Bonchev–Trinajstić information content (AvgIpc) is 3.07. The standard InChI is InChI=1S/C17H12F4N4O2/c1-2-27-16(26)13-8-15(14-9-22-5-6-23-14)25(24-13)10-3-4-12(18)11(7-10)17(19,20)21/h3-9H,2H2,1H3. The summed E-state index contributed by atoms with van der Waals surface area (Å²) in [5.41, 5.74) is -1.21. The number of carbonyl (C=O) groups is 1. The third-order valence-electron chi connectivity index (χ3n) is 3.52. The van der Waals surface area contributed by atoms with Crippen LogP contribution in [-0.4, -0.2) is 32.3 Å². The predicted molar refractivity (Wildman–Crippen MR) is 85.5 cm³/mol. The maximum atomic E-state index is 13.6. The lowest BCUT2D eigenvalue weighted by atomic mass is 10.1. The quantitative estimate of drug-likeness (QED) is 0.510. The Kier molecular flexibility index (Phi) is 4.89. The second-order valence-corrected chi connectivity index (χ2v) is 5.30. The molecule has 0 saturated carbocycles. The first-order valence-corrected chi connectivity index (χ1v) is 7.72. The number of alkyl halides is 3. The van der Waals surface area contributed by atoms with E-state index < -0.39 is 23.5 Å². The van der Waals surface area contributed by atoms with Gasteiger partial charge in [0.25, 0.3) is 0 Å². The molecule has 3 rings (SSSR count). The number of rotatable bonds is 4. The fraction of sp³-hybridized carbons (Fsp3) is 0.176. The number of carbonyl (C=O) groups excluding carboxylic acids is 1. The van der Waals surface area contributed by atoms with Gasteiger partial charge in [0.05, 0.1) is 29.7 Å². The topological polar surface area (TPSA) is 69.9 Å². The van der Waals surface area contributed by atoms with E-state index in [1.54, 1.807) is 6.92 Å². The number of hydrogen-bond acceptors (Lipinski definition) is 5. The lowest BCUT2D eigenvalue weighted by Crippen LogP contribution is -2.11. The fourth-order valence-electron chi connectivity index (χ4n) is 2.36.